The molecule has 0 aliphatic carbocycles. The number of benzene rings is 1. The summed E-state index contributed by atoms with van der Waals surface area (Å²) in [5.41, 5.74) is 5.45. The zero-order valence-electron chi connectivity index (χ0n) is 19.2. The molecule has 3 aromatic rings. The number of hydrazone groups is 1. The average molecular weight is 454 g/mol. The van der Waals surface area contributed by atoms with Crippen LogP contribution in [0.25, 0.3) is 10.9 Å². The van der Waals surface area contributed by atoms with Crippen molar-refractivity contribution in [3.63, 3.8) is 0 Å². The van der Waals surface area contributed by atoms with Crippen LogP contribution in [0.3, 0.4) is 0 Å². The molecule has 0 unspecified atom stereocenters. The Kier molecular flexibility index (Phi) is 6.39. The lowest BCUT2D eigenvalue weighted by Crippen LogP contribution is -2.34. The van der Waals surface area contributed by atoms with E-state index in [9.17, 15) is 0 Å². The zero-order valence-corrected chi connectivity index (χ0v) is 19.2. The Balaban J connectivity index is 0.00000274. The van der Waals surface area contributed by atoms with E-state index in [1.807, 2.05) is 49.5 Å². The number of hydrogen-bond acceptors (Lipinski definition) is 6. The Hall–Kier alpha value is -2.81. The van der Waals surface area contributed by atoms with Gasteiger partial charge in [0.1, 0.15) is 12.5 Å². The van der Waals surface area contributed by atoms with Crippen molar-refractivity contribution in [1.29, 1.82) is 0 Å². The summed E-state index contributed by atoms with van der Waals surface area (Å²) >= 11 is 0. The van der Waals surface area contributed by atoms with E-state index in [1.54, 1.807) is 6.07 Å². The van der Waals surface area contributed by atoms with Crippen molar-refractivity contribution < 1.29 is 15.3 Å². The SMILES string of the molecule is Cc1cccc(CN2COCc3c(c4cc(F)c(CNC5CCOCC5)cc4n3C)/C=N\2)n1.[HH]. The lowest BCUT2D eigenvalue weighted by Gasteiger charge is -2.23. The molecule has 2 aromatic heterocycles. The monoisotopic (exact) mass is 453 g/mol. The molecule has 2 aliphatic rings. The van der Waals surface area contributed by atoms with Crippen molar-refractivity contribution in [2.45, 2.75) is 45.5 Å². The molecule has 176 valence electrons. The molecule has 1 N–H and O–H groups in total. The Labute approximate surface area is 194 Å². The van der Waals surface area contributed by atoms with E-state index in [0.717, 1.165) is 59.6 Å². The Morgan fingerprint density at radius 3 is 2.88 bits per heavy atom. The van der Waals surface area contributed by atoms with Crippen molar-refractivity contribution in [1.82, 2.24) is 19.9 Å². The van der Waals surface area contributed by atoms with Gasteiger partial charge in [-0.1, -0.05) is 6.07 Å². The van der Waals surface area contributed by atoms with Gasteiger partial charge in [0.15, 0.2) is 0 Å². The predicted octanol–water partition coefficient (Wildman–Crippen LogP) is 3.86. The topological polar surface area (TPSA) is 63.9 Å². The second-order valence-electron chi connectivity index (χ2n) is 8.80. The first-order valence-corrected chi connectivity index (χ1v) is 11.5. The normalized spacial score (nSPS) is 18.2. The lowest BCUT2D eigenvalue weighted by atomic mass is 10.1. The minimum absolute atomic E-state index is 0. The molecule has 33 heavy (non-hydrogen) atoms. The number of halogens is 1. The third-order valence-electron chi connectivity index (χ3n) is 6.45. The van der Waals surface area contributed by atoms with Crippen LogP contribution < -0.4 is 5.32 Å². The highest BCUT2D eigenvalue weighted by molar-refractivity contribution is 6.01. The number of ether oxygens (including phenoxy) is 2. The number of aromatic nitrogens is 2. The lowest BCUT2D eigenvalue weighted by molar-refractivity contribution is 0.0118. The van der Waals surface area contributed by atoms with Gasteiger partial charge >= 0.3 is 0 Å². The van der Waals surface area contributed by atoms with Crippen molar-refractivity contribution in [2.24, 2.45) is 12.1 Å². The van der Waals surface area contributed by atoms with E-state index in [-0.39, 0.29) is 7.24 Å². The first kappa shape index (κ1) is 22.0. The third kappa shape index (κ3) is 4.78. The van der Waals surface area contributed by atoms with E-state index in [1.165, 1.54) is 0 Å². The maximum absolute atomic E-state index is 15.1. The highest BCUT2D eigenvalue weighted by Gasteiger charge is 2.20. The van der Waals surface area contributed by atoms with Crippen molar-refractivity contribution in [2.75, 3.05) is 19.9 Å². The van der Waals surface area contributed by atoms with E-state index in [0.29, 0.717) is 38.0 Å². The van der Waals surface area contributed by atoms with E-state index in [4.69, 9.17) is 9.47 Å². The van der Waals surface area contributed by atoms with Crippen LogP contribution in [0.15, 0.2) is 35.4 Å². The Morgan fingerprint density at radius 1 is 1.21 bits per heavy atom. The van der Waals surface area contributed by atoms with Gasteiger partial charge < -0.3 is 19.4 Å². The second kappa shape index (κ2) is 9.59. The van der Waals surface area contributed by atoms with Gasteiger partial charge in [-0.3, -0.25) is 9.99 Å². The van der Waals surface area contributed by atoms with Crippen molar-refractivity contribution >= 4 is 17.1 Å². The molecule has 5 rings (SSSR count). The van der Waals surface area contributed by atoms with Gasteiger partial charge in [0.25, 0.3) is 0 Å². The first-order valence-electron chi connectivity index (χ1n) is 11.5. The van der Waals surface area contributed by atoms with Crippen LogP contribution in [-0.2, 0) is 36.2 Å². The summed E-state index contributed by atoms with van der Waals surface area (Å²) in [6.45, 7) is 5.35. The second-order valence-corrected chi connectivity index (χ2v) is 8.80. The van der Waals surface area contributed by atoms with Crippen molar-refractivity contribution in [3.05, 3.63) is 64.4 Å². The van der Waals surface area contributed by atoms with Crippen LogP contribution >= 0.6 is 0 Å². The number of pyridine rings is 1. The van der Waals surface area contributed by atoms with Crippen LogP contribution in [0, 0.1) is 12.7 Å². The van der Waals surface area contributed by atoms with Gasteiger partial charge in [-0.25, -0.2) is 4.39 Å². The highest BCUT2D eigenvalue weighted by Crippen LogP contribution is 2.29. The maximum Gasteiger partial charge on any atom is 0.135 e. The molecule has 1 saturated heterocycles. The van der Waals surface area contributed by atoms with Crippen LogP contribution in [0.5, 0.6) is 0 Å². The molecule has 1 fully saturated rings. The fourth-order valence-corrected chi connectivity index (χ4v) is 4.57. The summed E-state index contributed by atoms with van der Waals surface area (Å²) in [4.78, 5) is 4.55. The largest absolute Gasteiger partial charge is 0.381 e. The molecular weight excluding hydrogens is 421 g/mol. The van der Waals surface area contributed by atoms with Crippen LogP contribution in [0.4, 0.5) is 4.39 Å². The standard InChI is InChI=1S/C25H30FN5O2.H2/c1-17-4-3-5-20(29-17)14-31-16-33-15-25-22(13-28-31)21-11-23(26)18(10-24(21)30(25)2)12-27-19-6-8-32-9-7-19;/h3-5,10-11,13,19,27H,6-9,12,14-16H2,1-2H3;1H/b28-13-;. The summed E-state index contributed by atoms with van der Waals surface area (Å²) in [6.07, 6.45) is 3.75. The highest BCUT2D eigenvalue weighted by atomic mass is 19.1. The molecule has 1 aromatic carbocycles. The molecule has 0 amide bonds. The van der Waals surface area contributed by atoms with Crippen LogP contribution in [0.2, 0.25) is 0 Å². The summed E-state index contributed by atoms with van der Waals surface area (Å²) in [6, 6.07) is 9.90. The van der Waals surface area contributed by atoms with Crippen molar-refractivity contribution in [3.8, 4) is 0 Å². The van der Waals surface area contributed by atoms with E-state index in [2.05, 4.69) is 20.0 Å². The quantitative estimate of drug-likeness (QED) is 0.636. The smallest absolute Gasteiger partial charge is 0.135 e. The number of nitrogens with zero attached hydrogens (tertiary/aromatic N) is 4. The fourth-order valence-electron chi connectivity index (χ4n) is 4.57. The van der Waals surface area contributed by atoms with Gasteiger partial charge in [-0.15, -0.1) is 0 Å². The van der Waals surface area contributed by atoms with Crippen LogP contribution in [0.1, 0.15) is 42.5 Å². The number of hydrogen-bond donors (Lipinski definition) is 1. The number of aryl methyl sites for hydroxylation is 2. The summed E-state index contributed by atoms with van der Waals surface area (Å²) in [5, 5.41) is 10.8. The van der Waals surface area contributed by atoms with E-state index >= 15 is 4.39 Å². The number of rotatable bonds is 5. The zero-order chi connectivity index (χ0) is 22.8. The van der Waals surface area contributed by atoms with Gasteiger partial charge in [-0.2, -0.15) is 5.10 Å². The first-order chi connectivity index (χ1) is 16.1. The van der Waals surface area contributed by atoms with Gasteiger partial charge in [0, 0.05) is 62.0 Å². The molecule has 0 saturated carbocycles. The fraction of sp³-hybridized carbons (Fsp3) is 0.440. The Morgan fingerprint density at radius 2 is 2.06 bits per heavy atom. The predicted molar refractivity (Wildman–Crippen MR) is 127 cm³/mol. The molecule has 0 spiro atoms. The average Bonchev–Trinajstić information content (AvgIpc) is 3.04. The molecule has 4 heterocycles. The number of fused-ring (bicyclic) bond motifs is 3. The molecule has 7 nitrogen and oxygen atoms in total. The Bertz CT molecular complexity index is 1180. The maximum atomic E-state index is 15.1. The molecule has 0 atom stereocenters. The minimum Gasteiger partial charge on any atom is -0.381 e. The minimum atomic E-state index is -0.201. The molecule has 8 heteroatoms. The summed E-state index contributed by atoms with van der Waals surface area (Å²) in [7, 11) is 2.00. The van der Waals surface area contributed by atoms with E-state index < -0.39 is 0 Å². The third-order valence-corrected chi connectivity index (χ3v) is 6.45. The molecule has 2 aliphatic heterocycles. The van der Waals surface area contributed by atoms with Gasteiger partial charge in [0.05, 0.1) is 30.8 Å². The molecule has 0 bridgehead atoms. The number of nitrogens with one attached hydrogen (secondary N) is 1. The van der Waals surface area contributed by atoms with Gasteiger partial charge in [-0.05, 0) is 44.0 Å². The summed E-state index contributed by atoms with van der Waals surface area (Å²) in [5.74, 6) is -0.201. The molecule has 0 radical (unpaired) electrons. The van der Waals surface area contributed by atoms with Gasteiger partial charge in [0.2, 0.25) is 0 Å². The molecular formula is C25H32FN5O2. The van der Waals surface area contributed by atoms with Crippen LogP contribution in [-0.4, -0.2) is 46.8 Å². The summed E-state index contributed by atoms with van der Waals surface area (Å²) < 4.78 is 28.5.